The first-order valence-electron chi connectivity index (χ1n) is 5.43. The van der Waals surface area contributed by atoms with E-state index in [0.717, 1.165) is 6.07 Å². The molecule has 0 aliphatic carbocycles. The van der Waals surface area contributed by atoms with Crippen LogP contribution in [-0.2, 0) is 10.0 Å². The van der Waals surface area contributed by atoms with Crippen LogP contribution in [0.15, 0.2) is 44.2 Å². The molecule has 0 saturated heterocycles. The van der Waals surface area contributed by atoms with E-state index in [1.165, 1.54) is 24.3 Å². The van der Waals surface area contributed by atoms with Gasteiger partial charge >= 0.3 is 0 Å². The number of anilines is 2. The second kappa shape index (κ2) is 6.12. The normalized spacial score (nSPS) is 11.4. The van der Waals surface area contributed by atoms with Gasteiger partial charge < -0.3 is 5.73 Å². The fraction of sp³-hybridized carbons (Fsp3) is 0. The average Bonchev–Trinajstić information content (AvgIpc) is 2.30. The summed E-state index contributed by atoms with van der Waals surface area (Å²) in [6.45, 7) is 0. The van der Waals surface area contributed by atoms with Crippen LogP contribution in [0.5, 0.6) is 0 Å². The van der Waals surface area contributed by atoms with E-state index in [9.17, 15) is 12.8 Å². The zero-order chi connectivity index (χ0) is 15.8. The highest BCUT2D eigenvalue weighted by atomic mass is 79.9. The first kappa shape index (κ1) is 16.5. The molecule has 0 aliphatic heterocycles. The lowest BCUT2D eigenvalue weighted by atomic mass is 10.3. The number of nitrogens with two attached hydrogens (primary N) is 1. The maximum absolute atomic E-state index is 13.7. The highest BCUT2D eigenvalue weighted by Gasteiger charge is 2.23. The van der Waals surface area contributed by atoms with Crippen LogP contribution in [0.2, 0.25) is 5.02 Å². The average molecular weight is 459 g/mol. The minimum Gasteiger partial charge on any atom is -0.398 e. The Morgan fingerprint density at radius 2 is 1.86 bits per heavy atom. The Morgan fingerprint density at radius 1 is 1.19 bits per heavy atom. The van der Waals surface area contributed by atoms with Gasteiger partial charge in [0.2, 0.25) is 0 Å². The third-order valence-electron chi connectivity index (χ3n) is 2.48. The van der Waals surface area contributed by atoms with Crippen LogP contribution in [0, 0.1) is 5.82 Å². The molecule has 9 heteroatoms. The number of nitrogens with one attached hydrogen (secondary N) is 1. The molecule has 4 nitrogen and oxygen atoms in total. The zero-order valence-corrected chi connectivity index (χ0v) is 14.9. The van der Waals surface area contributed by atoms with Gasteiger partial charge in [-0.15, -0.1) is 0 Å². The smallest absolute Gasteiger partial charge is 0.265 e. The van der Waals surface area contributed by atoms with Gasteiger partial charge in [0.05, 0.1) is 11.4 Å². The predicted molar refractivity (Wildman–Crippen MR) is 88.5 cm³/mol. The summed E-state index contributed by atoms with van der Waals surface area (Å²) in [6, 6.07) is 6.60. The summed E-state index contributed by atoms with van der Waals surface area (Å²) in [5, 5.41) is 0.166. The van der Waals surface area contributed by atoms with Crippen molar-refractivity contribution >= 4 is 64.9 Å². The standard InChI is InChI=1S/C12H8Br2ClFN2O2S/c13-6-3-8(14)12(10(17)4-6)21(19,20)18-11-2-1-7(15)5-9(11)16/h1-5,18H,17H2. The predicted octanol–water partition coefficient (Wildman–Crippen LogP) is 4.39. The molecule has 21 heavy (non-hydrogen) atoms. The van der Waals surface area contributed by atoms with Gasteiger partial charge in [-0.3, -0.25) is 4.72 Å². The molecule has 0 bridgehead atoms. The van der Waals surface area contributed by atoms with Crippen LogP contribution in [-0.4, -0.2) is 8.42 Å². The Hall–Kier alpha value is -0.830. The molecule has 0 unspecified atom stereocenters. The van der Waals surface area contributed by atoms with Crippen molar-refractivity contribution in [1.29, 1.82) is 0 Å². The molecule has 0 amide bonds. The third-order valence-corrected chi connectivity index (χ3v) is 5.54. The fourth-order valence-corrected chi connectivity index (χ4v) is 4.93. The summed E-state index contributed by atoms with van der Waals surface area (Å²) in [5.41, 5.74) is 5.54. The van der Waals surface area contributed by atoms with Crippen molar-refractivity contribution in [3.8, 4) is 0 Å². The molecule has 0 heterocycles. The Labute approximate surface area is 142 Å². The maximum atomic E-state index is 13.7. The van der Waals surface area contributed by atoms with Crippen LogP contribution < -0.4 is 10.5 Å². The van der Waals surface area contributed by atoms with Crippen molar-refractivity contribution in [2.45, 2.75) is 4.90 Å². The van der Waals surface area contributed by atoms with E-state index in [-0.39, 0.29) is 25.8 Å². The van der Waals surface area contributed by atoms with Gasteiger partial charge in [-0.25, -0.2) is 12.8 Å². The van der Waals surface area contributed by atoms with Crippen LogP contribution in [0.1, 0.15) is 0 Å². The van der Waals surface area contributed by atoms with Crippen molar-refractivity contribution in [1.82, 2.24) is 0 Å². The first-order chi connectivity index (χ1) is 9.70. The molecule has 0 atom stereocenters. The highest BCUT2D eigenvalue weighted by Crippen LogP contribution is 2.33. The third kappa shape index (κ3) is 3.68. The molecule has 0 aromatic heterocycles. The minimum absolute atomic E-state index is 0.0260. The van der Waals surface area contributed by atoms with Gasteiger partial charge in [0.1, 0.15) is 10.7 Å². The Kier molecular flexibility index (Phi) is 4.82. The van der Waals surface area contributed by atoms with Crippen LogP contribution in [0.4, 0.5) is 15.8 Å². The van der Waals surface area contributed by atoms with Crippen molar-refractivity contribution in [3.05, 3.63) is 50.1 Å². The lowest BCUT2D eigenvalue weighted by Gasteiger charge is -2.13. The van der Waals surface area contributed by atoms with Crippen molar-refractivity contribution < 1.29 is 12.8 Å². The SMILES string of the molecule is Nc1cc(Br)cc(Br)c1S(=O)(=O)Nc1ccc(Cl)cc1F. The molecule has 0 aliphatic rings. The monoisotopic (exact) mass is 456 g/mol. The quantitative estimate of drug-likeness (QED) is 0.671. The summed E-state index contributed by atoms with van der Waals surface area (Å²) in [5.74, 6) is -0.780. The van der Waals surface area contributed by atoms with Gasteiger partial charge in [-0.05, 0) is 46.3 Å². The number of benzene rings is 2. The largest absolute Gasteiger partial charge is 0.398 e. The van der Waals surface area contributed by atoms with E-state index in [0.29, 0.717) is 4.47 Å². The molecule has 0 radical (unpaired) electrons. The van der Waals surface area contributed by atoms with E-state index in [1.807, 2.05) is 0 Å². The van der Waals surface area contributed by atoms with Gasteiger partial charge in [-0.1, -0.05) is 27.5 Å². The number of rotatable bonds is 3. The number of halogens is 4. The van der Waals surface area contributed by atoms with Crippen LogP contribution in [0.3, 0.4) is 0 Å². The second-order valence-corrected chi connectivity index (χ2v) is 7.86. The Bertz CT molecular complexity index is 792. The highest BCUT2D eigenvalue weighted by molar-refractivity contribution is 9.11. The minimum atomic E-state index is -4.05. The lowest BCUT2D eigenvalue weighted by molar-refractivity contribution is 0.598. The maximum Gasteiger partial charge on any atom is 0.265 e. The van der Waals surface area contributed by atoms with Gasteiger partial charge in [0.15, 0.2) is 0 Å². The van der Waals surface area contributed by atoms with E-state index >= 15 is 0 Å². The summed E-state index contributed by atoms with van der Waals surface area (Å²) in [4.78, 5) is -0.167. The molecule has 2 rings (SSSR count). The van der Waals surface area contributed by atoms with E-state index < -0.39 is 15.8 Å². The molecule has 2 aromatic rings. The van der Waals surface area contributed by atoms with Crippen LogP contribution >= 0.6 is 43.5 Å². The lowest BCUT2D eigenvalue weighted by Crippen LogP contribution is -2.16. The molecule has 0 fully saturated rings. The molecule has 2 aromatic carbocycles. The first-order valence-corrected chi connectivity index (χ1v) is 8.88. The number of sulfonamides is 1. The fourth-order valence-electron chi connectivity index (χ4n) is 1.63. The van der Waals surface area contributed by atoms with Gasteiger partial charge in [-0.2, -0.15) is 0 Å². The van der Waals surface area contributed by atoms with E-state index in [4.69, 9.17) is 17.3 Å². The molecule has 0 spiro atoms. The second-order valence-electron chi connectivity index (χ2n) is 4.04. The molecule has 0 saturated carbocycles. The Balaban J connectivity index is 2.48. The summed E-state index contributed by atoms with van der Waals surface area (Å²) < 4.78 is 41.4. The number of nitrogen functional groups attached to an aromatic ring is 1. The molecule has 112 valence electrons. The van der Waals surface area contributed by atoms with Crippen molar-refractivity contribution in [2.75, 3.05) is 10.5 Å². The molecule has 3 N–H and O–H groups in total. The number of hydrogen-bond donors (Lipinski definition) is 2. The number of hydrogen-bond acceptors (Lipinski definition) is 3. The van der Waals surface area contributed by atoms with E-state index in [1.54, 1.807) is 0 Å². The van der Waals surface area contributed by atoms with Gasteiger partial charge in [0.25, 0.3) is 10.0 Å². The topological polar surface area (TPSA) is 72.2 Å². The summed E-state index contributed by atoms with van der Waals surface area (Å²) >= 11 is 12.0. The molecular formula is C12H8Br2ClFN2O2S. The summed E-state index contributed by atoms with van der Waals surface area (Å²) in [7, 11) is -4.05. The van der Waals surface area contributed by atoms with Crippen LogP contribution in [0.25, 0.3) is 0 Å². The summed E-state index contributed by atoms with van der Waals surface area (Å²) in [6.07, 6.45) is 0. The van der Waals surface area contributed by atoms with Crippen molar-refractivity contribution in [2.24, 2.45) is 0 Å². The van der Waals surface area contributed by atoms with E-state index in [2.05, 4.69) is 36.6 Å². The Morgan fingerprint density at radius 3 is 2.43 bits per heavy atom. The zero-order valence-electron chi connectivity index (χ0n) is 10.2. The molecular weight excluding hydrogens is 450 g/mol. The van der Waals surface area contributed by atoms with Gasteiger partial charge in [0, 0.05) is 14.0 Å². The van der Waals surface area contributed by atoms with Crippen molar-refractivity contribution in [3.63, 3.8) is 0 Å².